The molecule has 2 aromatic carbocycles. The molecule has 0 radical (unpaired) electrons. The van der Waals surface area contributed by atoms with E-state index in [1.807, 2.05) is 79.4 Å². The molecule has 3 heterocycles. The Morgan fingerprint density at radius 2 is 1.73 bits per heavy atom. The fourth-order valence-corrected chi connectivity index (χ4v) is 5.50. The van der Waals surface area contributed by atoms with Crippen molar-refractivity contribution in [1.82, 2.24) is 0 Å². The number of carbonyl (C=O) groups is 1. The first-order valence-electron chi connectivity index (χ1n) is 10.2. The van der Waals surface area contributed by atoms with Crippen LogP contribution in [0, 0.1) is 0 Å². The van der Waals surface area contributed by atoms with E-state index in [1.165, 1.54) is 0 Å². The van der Waals surface area contributed by atoms with Crippen molar-refractivity contribution in [3.63, 3.8) is 0 Å². The van der Waals surface area contributed by atoms with Gasteiger partial charge in [0, 0.05) is 5.69 Å². The van der Waals surface area contributed by atoms with Crippen molar-refractivity contribution >= 4 is 23.4 Å². The molecular formula is C23H25NO5S. The summed E-state index contributed by atoms with van der Waals surface area (Å²) in [6, 6.07) is 19.7. The molecule has 1 amide bonds. The molecule has 30 heavy (non-hydrogen) atoms. The molecule has 0 aliphatic carbocycles. The third-order valence-electron chi connectivity index (χ3n) is 5.53. The van der Waals surface area contributed by atoms with Crippen LogP contribution in [-0.4, -0.2) is 47.4 Å². The quantitative estimate of drug-likeness (QED) is 0.727. The monoisotopic (exact) mass is 427 g/mol. The van der Waals surface area contributed by atoms with Gasteiger partial charge in [0.25, 0.3) is 0 Å². The zero-order valence-corrected chi connectivity index (χ0v) is 17.8. The minimum Gasteiger partial charge on any atom is -0.368 e. The minimum absolute atomic E-state index is 0.0702. The molecule has 7 heteroatoms. The van der Waals surface area contributed by atoms with Crippen LogP contribution in [-0.2, 0) is 30.3 Å². The van der Waals surface area contributed by atoms with Crippen LogP contribution in [0.5, 0.6) is 0 Å². The lowest BCUT2D eigenvalue weighted by Gasteiger charge is -2.33. The van der Waals surface area contributed by atoms with Crippen molar-refractivity contribution in [3.05, 3.63) is 66.2 Å². The van der Waals surface area contributed by atoms with Crippen LogP contribution in [0.25, 0.3) is 0 Å². The van der Waals surface area contributed by atoms with E-state index < -0.39 is 12.1 Å². The van der Waals surface area contributed by atoms with Gasteiger partial charge in [-0.15, -0.1) is 11.8 Å². The van der Waals surface area contributed by atoms with Crippen LogP contribution in [0.2, 0.25) is 0 Å². The number of hydrogen-bond acceptors (Lipinski definition) is 6. The van der Waals surface area contributed by atoms with Gasteiger partial charge >= 0.3 is 0 Å². The molecule has 158 valence electrons. The first-order chi connectivity index (χ1) is 14.5. The number of para-hydroxylation sites is 1. The summed E-state index contributed by atoms with van der Waals surface area (Å²) >= 11 is 1.57. The highest BCUT2D eigenvalue weighted by molar-refractivity contribution is 8.01. The number of fused-ring (bicyclic) bond motifs is 1. The number of carbonyl (C=O) groups excluding carboxylic acids is 1. The highest BCUT2D eigenvalue weighted by Gasteiger charge is 2.59. The third kappa shape index (κ3) is 3.76. The van der Waals surface area contributed by atoms with E-state index in [2.05, 4.69) is 0 Å². The lowest BCUT2D eigenvalue weighted by atomic mass is 10.1. The molecule has 0 bridgehead atoms. The summed E-state index contributed by atoms with van der Waals surface area (Å²) in [6.45, 7) is 4.19. The molecule has 0 saturated carbocycles. The highest BCUT2D eigenvalue weighted by atomic mass is 32.2. The molecule has 6 nitrogen and oxygen atoms in total. The SMILES string of the molecule is CC1(C)O[C@H]2O[C@H]([C@H]3SCC(=O)N3c3ccccc3)[C@@H](OCc3ccccc3)[C@H]2O1. The van der Waals surface area contributed by atoms with Crippen LogP contribution in [0.3, 0.4) is 0 Å². The zero-order chi connectivity index (χ0) is 20.7. The van der Waals surface area contributed by atoms with E-state index in [-0.39, 0.29) is 29.6 Å². The van der Waals surface area contributed by atoms with Crippen LogP contribution >= 0.6 is 11.8 Å². The molecule has 5 atom stereocenters. The average molecular weight is 428 g/mol. The molecule has 0 spiro atoms. The Bertz CT molecular complexity index is 893. The van der Waals surface area contributed by atoms with Gasteiger partial charge in [-0.25, -0.2) is 0 Å². The Morgan fingerprint density at radius 1 is 1.03 bits per heavy atom. The van der Waals surface area contributed by atoms with Gasteiger partial charge in [0.15, 0.2) is 12.1 Å². The summed E-state index contributed by atoms with van der Waals surface area (Å²) in [4.78, 5) is 14.5. The van der Waals surface area contributed by atoms with Gasteiger partial charge in [-0.1, -0.05) is 48.5 Å². The van der Waals surface area contributed by atoms with Crippen molar-refractivity contribution in [2.24, 2.45) is 0 Å². The van der Waals surface area contributed by atoms with E-state index in [0.717, 1.165) is 11.3 Å². The summed E-state index contributed by atoms with van der Waals surface area (Å²) in [5.41, 5.74) is 1.94. The highest BCUT2D eigenvalue weighted by Crippen LogP contribution is 2.44. The van der Waals surface area contributed by atoms with E-state index in [0.29, 0.717) is 12.4 Å². The van der Waals surface area contributed by atoms with Crippen LogP contribution in [0.1, 0.15) is 19.4 Å². The minimum atomic E-state index is -0.730. The standard InChI is InChI=1S/C23H25NO5S/c1-23(2)28-20-18(26-13-15-9-5-3-6-10-15)19(27-22(20)29-23)21-24(17(25)14-30-21)16-11-7-4-8-12-16/h3-12,18-22H,13-14H2,1-2H3/t18-,19+,20-,21-,22-/m1/s1. The number of hydrogen-bond donors (Lipinski definition) is 0. The number of amides is 1. The van der Waals surface area contributed by atoms with E-state index in [4.69, 9.17) is 18.9 Å². The fourth-order valence-electron chi connectivity index (χ4n) is 4.25. The second kappa shape index (κ2) is 7.98. The predicted octanol–water partition coefficient (Wildman–Crippen LogP) is 3.55. The Morgan fingerprint density at radius 3 is 2.47 bits per heavy atom. The summed E-state index contributed by atoms with van der Waals surface area (Å²) in [7, 11) is 0. The normalized spacial score (nSPS) is 32.5. The summed E-state index contributed by atoms with van der Waals surface area (Å²) in [5, 5.41) is -0.207. The maximum Gasteiger partial charge on any atom is 0.238 e. The van der Waals surface area contributed by atoms with Gasteiger partial charge < -0.3 is 18.9 Å². The number of anilines is 1. The Kier molecular flexibility index (Phi) is 5.33. The van der Waals surface area contributed by atoms with Crippen LogP contribution in [0.15, 0.2) is 60.7 Å². The van der Waals surface area contributed by atoms with Crippen molar-refractivity contribution in [1.29, 1.82) is 0 Å². The number of benzene rings is 2. The second-order valence-electron chi connectivity index (χ2n) is 8.13. The Hall–Kier alpha value is -1.90. The maximum atomic E-state index is 12.7. The zero-order valence-electron chi connectivity index (χ0n) is 17.0. The summed E-state index contributed by atoms with van der Waals surface area (Å²) < 4.78 is 24.8. The molecule has 2 aromatic rings. The molecule has 3 aliphatic rings. The molecular weight excluding hydrogens is 402 g/mol. The Balaban J connectivity index is 1.41. The number of rotatable bonds is 5. The molecule has 0 aromatic heterocycles. The third-order valence-corrected chi connectivity index (χ3v) is 6.76. The van der Waals surface area contributed by atoms with Crippen molar-refractivity contribution in [3.8, 4) is 0 Å². The first kappa shape index (κ1) is 20.0. The average Bonchev–Trinajstić information content (AvgIpc) is 3.37. The van der Waals surface area contributed by atoms with Gasteiger partial charge in [0.05, 0.1) is 12.4 Å². The van der Waals surface area contributed by atoms with Gasteiger partial charge in [0.1, 0.15) is 23.7 Å². The number of thioether (sulfide) groups is 1. The lowest BCUT2D eigenvalue weighted by molar-refractivity contribution is -0.218. The molecule has 3 aliphatic heterocycles. The van der Waals surface area contributed by atoms with Crippen molar-refractivity contribution in [2.45, 2.75) is 56.2 Å². The van der Waals surface area contributed by atoms with Crippen molar-refractivity contribution < 1.29 is 23.7 Å². The maximum absolute atomic E-state index is 12.7. The first-order valence-corrected chi connectivity index (χ1v) is 11.2. The molecule has 0 unspecified atom stereocenters. The molecule has 3 fully saturated rings. The smallest absolute Gasteiger partial charge is 0.238 e. The fraction of sp³-hybridized carbons (Fsp3) is 0.435. The van der Waals surface area contributed by atoms with Crippen molar-refractivity contribution in [2.75, 3.05) is 10.7 Å². The summed E-state index contributed by atoms with van der Waals surface area (Å²) in [5.74, 6) is -0.249. The van der Waals surface area contributed by atoms with E-state index >= 15 is 0 Å². The van der Waals surface area contributed by atoms with E-state index in [9.17, 15) is 4.79 Å². The van der Waals surface area contributed by atoms with Crippen LogP contribution < -0.4 is 4.90 Å². The topological polar surface area (TPSA) is 57.2 Å². The van der Waals surface area contributed by atoms with E-state index in [1.54, 1.807) is 11.8 Å². The van der Waals surface area contributed by atoms with Gasteiger partial charge in [-0.3, -0.25) is 9.69 Å². The number of ether oxygens (including phenoxy) is 4. The predicted molar refractivity (Wildman–Crippen MR) is 114 cm³/mol. The molecule has 3 saturated heterocycles. The summed E-state index contributed by atoms with van der Waals surface area (Å²) in [6.07, 6.45) is -1.58. The lowest BCUT2D eigenvalue weighted by Crippen LogP contribution is -2.48. The Labute approximate surface area is 180 Å². The largest absolute Gasteiger partial charge is 0.368 e. The van der Waals surface area contributed by atoms with Gasteiger partial charge in [-0.2, -0.15) is 0 Å². The second-order valence-corrected chi connectivity index (χ2v) is 9.24. The molecule has 0 N–H and O–H groups in total. The molecule has 5 rings (SSSR count). The van der Waals surface area contributed by atoms with Crippen LogP contribution in [0.4, 0.5) is 5.69 Å². The van der Waals surface area contributed by atoms with Gasteiger partial charge in [-0.05, 0) is 31.5 Å². The van der Waals surface area contributed by atoms with Gasteiger partial charge in [0.2, 0.25) is 5.91 Å². The number of nitrogens with zero attached hydrogens (tertiary/aromatic N) is 1.